The zero-order chi connectivity index (χ0) is 18.6. The Kier molecular flexibility index (Phi) is 13.2. The summed E-state index contributed by atoms with van der Waals surface area (Å²) in [5.41, 5.74) is 0. The highest BCUT2D eigenvalue weighted by molar-refractivity contribution is 14.0. The number of likely N-dealkylation sites (N-methyl/N-ethyl adjacent to an activating group) is 1. The lowest BCUT2D eigenvalue weighted by atomic mass is 10.2. The maximum Gasteiger partial charge on any atom is 0.191 e. The number of guanidine groups is 1. The summed E-state index contributed by atoms with van der Waals surface area (Å²) < 4.78 is 0. The first-order valence-electron chi connectivity index (χ1n) is 9.74. The molecule has 0 spiro atoms. The normalized spacial score (nSPS) is 17.2. The predicted octanol–water partition coefficient (Wildman–Crippen LogP) is 2.98. The maximum absolute atomic E-state index is 4.33. The third kappa shape index (κ3) is 10.6. The number of rotatable bonds is 9. The fourth-order valence-corrected chi connectivity index (χ4v) is 3.92. The average molecular weight is 506 g/mol. The summed E-state index contributed by atoms with van der Waals surface area (Å²) in [6, 6.07) is 10.6. The van der Waals surface area contributed by atoms with Gasteiger partial charge in [0.15, 0.2) is 5.96 Å². The molecule has 0 aliphatic carbocycles. The lowest BCUT2D eigenvalue weighted by Crippen LogP contribution is -2.44. The fourth-order valence-electron chi connectivity index (χ4n) is 2.97. The summed E-state index contributed by atoms with van der Waals surface area (Å²) in [5, 5.41) is 7.37. The Labute approximate surface area is 186 Å². The number of hydrogen-bond acceptors (Lipinski definition) is 4. The Bertz CT molecular complexity index is 520. The van der Waals surface area contributed by atoms with Crippen molar-refractivity contribution < 1.29 is 0 Å². The fraction of sp³-hybridized carbons (Fsp3) is 0.650. The lowest BCUT2D eigenvalue weighted by Gasteiger charge is -2.32. The van der Waals surface area contributed by atoms with Crippen LogP contribution in [0.3, 0.4) is 0 Å². The van der Waals surface area contributed by atoms with Crippen molar-refractivity contribution in [2.75, 3.05) is 59.9 Å². The van der Waals surface area contributed by atoms with E-state index in [0.29, 0.717) is 5.25 Å². The van der Waals surface area contributed by atoms with Crippen molar-refractivity contribution in [2.24, 2.45) is 4.99 Å². The minimum atomic E-state index is 0. The van der Waals surface area contributed by atoms with Crippen LogP contribution in [0.1, 0.15) is 19.8 Å². The molecular weight excluding hydrogens is 469 g/mol. The van der Waals surface area contributed by atoms with Crippen molar-refractivity contribution in [3.05, 3.63) is 30.3 Å². The van der Waals surface area contributed by atoms with Crippen LogP contribution < -0.4 is 10.6 Å². The van der Waals surface area contributed by atoms with Crippen LogP contribution in [0.15, 0.2) is 40.2 Å². The van der Waals surface area contributed by atoms with Gasteiger partial charge in [-0.05, 0) is 38.6 Å². The van der Waals surface area contributed by atoms with E-state index >= 15 is 0 Å². The summed E-state index contributed by atoms with van der Waals surface area (Å²) in [6.45, 7) is 10.2. The van der Waals surface area contributed by atoms with Crippen LogP contribution in [0.4, 0.5) is 0 Å². The zero-order valence-corrected chi connectivity index (χ0v) is 20.1. The van der Waals surface area contributed by atoms with Crippen molar-refractivity contribution in [2.45, 2.75) is 29.9 Å². The highest BCUT2D eigenvalue weighted by Crippen LogP contribution is 2.21. The molecule has 1 aromatic rings. The van der Waals surface area contributed by atoms with Crippen LogP contribution in [0.2, 0.25) is 0 Å². The number of nitrogens with zero attached hydrogens (tertiary/aromatic N) is 3. The van der Waals surface area contributed by atoms with Crippen LogP contribution in [0.5, 0.6) is 0 Å². The van der Waals surface area contributed by atoms with Gasteiger partial charge in [-0.1, -0.05) is 25.1 Å². The van der Waals surface area contributed by atoms with Crippen molar-refractivity contribution in [3.63, 3.8) is 0 Å². The summed E-state index contributed by atoms with van der Waals surface area (Å²) in [7, 11) is 4.05. The van der Waals surface area contributed by atoms with E-state index in [9.17, 15) is 0 Å². The quantitative estimate of drug-likeness (QED) is 0.178. The number of halogens is 1. The number of unbranched alkanes of at least 4 members (excludes halogenated alkanes) is 1. The Hall–Kier alpha value is -0.510. The number of hydrogen-bond donors (Lipinski definition) is 2. The molecule has 0 radical (unpaired) electrons. The molecule has 1 aliphatic rings. The number of benzene rings is 1. The summed E-state index contributed by atoms with van der Waals surface area (Å²) in [6.07, 6.45) is 2.43. The molecule has 1 aromatic carbocycles. The highest BCUT2D eigenvalue weighted by Gasteiger charge is 2.12. The van der Waals surface area contributed by atoms with E-state index < -0.39 is 0 Å². The lowest BCUT2D eigenvalue weighted by molar-refractivity contribution is 0.152. The third-order valence-electron chi connectivity index (χ3n) is 4.65. The van der Waals surface area contributed by atoms with Crippen LogP contribution in [-0.2, 0) is 0 Å². The Morgan fingerprint density at radius 1 is 1.11 bits per heavy atom. The Morgan fingerprint density at radius 2 is 1.81 bits per heavy atom. The second-order valence-corrected chi connectivity index (χ2v) is 8.49. The van der Waals surface area contributed by atoms with Gasteiger partial charge in [-0.2, -0.15) is 0 Å². The van der Waals surface area contributed by atoms with E-state index in [-0.39, 0.29) is 24.0 Å². The molecule has 5 nitrogen and oxygen atoms in total. The van der Waals surface area contributed by atoms with E-state index in [1.54, 1.807) is 0 Å². The minimum absolute atomic E-state index is 0. The number of piperazine rings is 1. The molecule has 27 heavy (non-hydrogen) atoms. The van der Waals surface area contributed by atoms with Gasteiger partial charge in [0.25, 0.3) is 0 Å². The molecule has 0 amide bonds. The zero-order valence-electron chi connectivity index (χ0n) is 17.0. The molecule has 2 N–H and O–H groups in total. The molecule has 154 valence electrons. The maximum atomic E-state index is 4.33. The first-order chi connectivity index (χ1) is 12.7. The van der Waals surface area contributed by atoms with Crippen LogP contribution in [0, 0.1) is 0 Å². The van der Waals surface area contributed by atoms with E-state index in [1.165, 1.54) is 50.5 Å². The summed E-state index contributed by atoms with van der Waals surface area (Å²) >= 11 is 1.89. The molecule has 0 saturated carbocycles. The molecule has 1 aliphatic heterocycles. The van der Waals surface area contributed by atoms with E-state index in [2.05, 4.69) is 69.7 Å². The molecule has 1 unspecified atom stereocenters. The van der Waals surface area contributed by atoms with Gasteiger partial charge in [0.05, 0.1) is 0 Å². The largest absolute Gasteiger partial charge is 0.356 e. The third-order valence-corrected chi connectivity index (χ3v) is 5.76. The molecule has 0 aromatic heterocycles. The molecular formula is C20H36IN5S. The monoisotopic (exact) mass is 505 g/mol. The van der Waals surface area contributed by atoms with E-state index in [1.807, 2.05) is 18.8 Å². The minimum Gasteiger partial charge on any atom is -0.356 e. The molecule has 0 bridgehead atoms. The molecule has 2 rings (SSSR count). The smallest absolute Gasteiger partial charge is 0.191 e. The first-order valence-corrected chi connectivity index (χ1v) is 10.6. The standard InChI is InChI=1S/C20H35N5S.HI/c1-18(26-19-9-5-4-6-10-19)17-23-20(21-2)22-11-7-8-12-25-15-13-24(3)14-16-25;/h4-6,9-10,18H,7-8,11-17H2,1-3H3,(H2,21,22,23);1H. The SMILES string of the molecule is CN=C(NCCCCN1CCN(C)CC1)NCC(C)Sc1ccccc1.I. The van der Waals surface area contributed by atoms with Crippen LogP contribution in [-0.4, -0.2) is 80.9 Å². The molecule has 1 fully saturated rings. The molecule has 1 atom stereocenters. The molecule has 7 heteroatoms. The van der Waals surface area contributed by atoms with Crippen molar-refractivity contribution in [3.8, 4) is 0 Å². The second kappa shape index (κ2) is 14.5. The number of thioether (sulfide) groups is 1. The Balaban J connectivity index is 0.00000364. The Morgan fingerprint density at radius 3 is 2.48 bits per heavy atom. The number of nitrogens with one attached hydrogen (secondary N) is 2. The average Bonchev–Trinajstić information content (AvgIpc) is 2.66. The predicted molar refractivity (Wildman–Crippen MR) is 130 cm³/mol. The summed E-state index contributed by atoms with van der Waals surface area (Å²) in [4.78, 5) is 10.6. The van der Waals surface area contributed by atoms with Gasteiger partial charge >= 0.3 is 0 Å². The first kappa shape index (κ1) is 24.5. The molecule has 1 saturated heterocycles. The van der Waals surface area contributed by atoms with Gasteiger partial charge in [0.1, 0.15) is 0 Å². The van der Waals surface area contributed by atoms with E-state index in [0.717, 1.165) is 19.0 Å². The molecule has 1 heterocycles. The van der Waals surface area contributed by atoms with Gasteiger partial charge < -0.3 is 20.4 Å². The highest BCUT2D eigenvalue weighted by atomic mass is 127. The van der Waals surface area contributed by atoms with E-state index in [4.69, 9.17) is 0 Å². The van der Waals surface area contributed by atoms with Gasteiger partial charge in [-0.15, -0.1) is 35.7 Å². The van der Waals surface area contributed by atoms with Crippen LogP contribution >= 0.6 is 35.7 Å². The second-order valence-electron chi connectivity index (χ2n) is 6.97. The van der Waals surface area contributed by atoms with Gasteiger partial charge in [0, 0.05) is 56.5 Å². The number of aliphatic imine (C=N–C) groups is 1. The van der Waals surface area contributed by atoms with Gasteiger partial charge in [-0.3, -0.25) is 4.99 Å². The van der Waals surface area contributed by atoms with Crippen molar-refractivity contribution >= 4 is 41.7 Å². The van der Waals surface area contributed by atoms with Crippen LogP contribution in [0.25, 0.3) is 0 Å². The summed E-state index contributed by atoms with van der Waals surface area (Å²) in [5.74, 6) is 0.908. The topological polar surface area (TPSA) is 42.9 Å². The van der Waals surface area contributed by atoms with Crippen molar-refractivity contribution in [1.82, 2.24) is 20.4 Å². The van der Waals surface area contributed by atoms with Gasteiger partial charge in [0.2, 0.25) is 0 Å². The van der Waals surface area contributed by atoms with Crippen molar-refractivity contribution in [1.29, 1.82) is 0 Å². The van der Waals surface area contributed by atoms with Gasteiger partial charge in [-0.25, -0.2) is 0 Å².